The molecule has 100 valence electrons. The van der Waals surface area contributed by atoms with Gasteiger partial charge in [0, 0.05) is 4.47 Å². The minimum absolute atomic E-state index is 0.332. The molecule has 2 aromatic rings. The maximum absolute atomic E-state index is 11.8. The number of hydrogen-bond donors (Lipinski definition) is 0. The molecule has 0 unspecified atom stereocenters. The first-order chi connectivity index (χ1) is 9.04. The fraction of sp³-hybridized carbons (Fsp3) is 0.286. The summed E-state index contributed by atoms with van der Waals surface area (Å²) in [6.45, 7) is 6.02. The summed E-state index contributed by atoms with van der Waals surface area (Å²) in [6, 6.07) is 5.93. The van der Waals surface area contributed by atoms with Crippen LogP contribution in [0.5, 0.6) is 0 Å². The third-order valence-electron chi connectivity index (χ3n) is 2.89. The van der Waals surface area contributed by atoms with Crippen LogP contribution in [-0.4, -0.2) is 22.4 Å². The van der Waals surface area contributed by atoms with E-state index in [0.29, 0.717) is 12.2 Å². The second-order valence-corrected chi connectivity index (χ2v) is 5.12. The Bertz CT molecular complexity index is 620. The van der Waals surface area contributed by atoms with Gasteiger partial charge in [-0.15, -0.1) is 0 Å². The van der Waals surface area contributed by atoms with Gasteiger partial charge in [0.15, 0.2) is 0 Å². The molecule has 19 heavy (non-hydrogen) atoms. The number of ether oxygens (including phenoxy) is 1. The van der Waals surface area contributed by atoms with Gasteiger partial charge in [-0.1, -0.05) is 15.9 Å². The van der Waals surface area contributed by atoms with Crippen molar-refractivity contribution >= 4 is 21.9 Å². The maximum Gasteiger partial charge on any atom is 0.341 e. The Morgan fingerprint density at radius 2 is 2.16 bits per heavy atom. The molecule has 0 aliphatic rings. The van der Waals surface area contributed by atoms with Crippen LogP contribution in [0.1, 0.15) is 28.5 Å². The van der Waals surface area contributed by atoms with E-state index in [4.69, 9.17) is 4.74 Å². The van der Waals surface area contributed by atoms with E-state index in [-0.39, 0.29) is 5.97 Å². The highest BCUT2D eigenvalue weighted by Crippen LogP contribution is 2.21. The molecule has 5 heteroatoms. The Kier molecular flexibility index (Phi) is 4.04. The van der Waals surface area contributed by atoms with Gasteiger partial charge >= 0.3 is 5.97 Å². The maximum atomic E-state index is 11.8. The van der Waals surface area contributed by atoms with Crippen LogP contribution in [0, 0.1) is 13.8 Å². The van der Waals surface area contributed by atoms with E-state index in [0.717, 1.165) is 21.4 Å². The number of halogens is 1. The van der Waals surface area contributed by atoms with Gasteiger partial charge in [0.05, 0.1) is 24.2 Å². The van der Waals surface area contributed by atoms with Crippen LogP contribution in [0.3, 0.4) is 0 Å². The van der Waals surface area contributed by atoms with Gasteiger partial charge in [-0.2, -0.15) is 5.10 Å². The lowest BCUT2D eigenvalue weighted by Crippen LogP contribution is -2.07. The topological polar surface area (TPSA) is 44.1 Å². The van der Waals surface area contributed by atoms with Gasteiger partial charge in [0.25, 0.3) is 0 Å². The first-order valence-electron chi connectivity index (χ1n) is 6.03. The minimum atomic E-state index is -0.332. The molecule has 1 aromatic carbocycles. The van der Waals surface area contributed by atoms with E-state index in [1.165, 1.54) is 0 Å². The van der Waals surface area contributed by atoms with Crippen molar-refractivity contribution < 1.29 is 9.53 Å². The van der Waals surface area contributed by atoms with Crippen molar-refractivity contribution in [1.82, 2.24) is 9.78 Å². The van der Waals surface area contributed by atoms with Crippen molar-refractivity contribution in [2.24, 2.45) is 0 Å². The van der Waals surface area contributed by atoms with Gasteiger partial charge < -0.3 is 4.74 Å². The Labute approximate surface area is 120 Å². The predicted molar refractivity (Wildman–Crippen MR) is 76.7 cm³/mol. The Hall–Kier alpha value is -1.62. The minimum Gasteiger partial charge on any atom is -0.462 e. The summed E-state index contributed by atoms with van der Waals surface area (Å²) in [7, 11) is 0. The van der Waals surface area contributed by atoms with Crippen molar-refractivity contribution in [3.63, 3.8) is 0 Å². The highest BCUT2D eigenvalue weighted by Gasteiger charge is 2.16. The highest BCUT2D eigenvalue weighted by atomic mass is 79.9. The van der Waals surface area contributed by atoms with Gasteiger partial charge in [0.2, 0.25) is 0 Å². The highest BCUT2D eigenvalue weighted by molar-refractivity contribution is 9.10. The van der Waals surface area contributed by atoms with Crippen molar-refractivity contribution in [1.29, 1.82) is 0 Å². The van der Waals surface area contributed by atoms with Crippen molar-refractivity contribution in [2.45, 2.75) is 20.8 Å². The molecule has 1 heterocycles. The second-order valence-electron chi connectivity index (χ2n) is 4.21. The smallest absolute Gasteiger partial charge is 0.341 e. The molecule has 0 amide bonds. The summed E-state index contributed by atoms with van der Waals surface area (Å²) in [5, 5.41) is 4.28. The molecule has 0 fully saturated rings. The van der Waals surface area contributed by atoms with E-state index >= 15 is 0 Å². The Balaban J connectivity index is 2.44. The van der Waals surface area contributed by atoms with E-state index in [2.05, 4.69) is 21.0 Å². The molecule has 0 aliphatic heterocycles. The lowest BCUT2D eigenvalue weighted by atomic mass is 10.2. The largest absolute Gasteiger partial charge is 0.462 e. The third kappa shape index (κ3) is 2.71. The number of rotatable bonds is 3. The number of nitrogens with zero attached hydrogens (tertiary/aromatic N) is 2. The molecule has 0 radical (unpaired) electrons. The number of carbonyl (C=O) groups is 1. The van der Waals surface area contributed by atoms with Crippen LogP contribution < -0.4 is 0 Å². The normalized spacial score (nSPS) is 10.5. The Morgan fingerprint density at radius 1 is 1.42 bits per heavy atom. The first-order valence-corrected chi connectivity index (χ1v) is 6.82. The summed E-state index contributed by atoms with van der Waals surface area (Å²) in [4.78, 5) is 11.8. The SMILES string of the molecule is CCOC(=O)c1cnn(-c2ccc(Br)cc2C)c1C. The standard InChI is InChI=1S/C14H15BrN2O2/c1-4-19-14(18)12-8-16-17(10(12)3)13-6-5-11(15)7-9(13)2/h5-8H,4H2,1-3H3. The molecular formula is C14H15BrN2O2. The fourth-order valence-corrected chi connectivity index (χ4v) is 2.39. The zero-order valence-corrected chi connectivity index (χ0v) is 12.7. The lowest BCUT2D eigenvalue weighted by molar-refractivity contribution is 0.0525. The summed E-state index contributed by atoms with van der Waals surface area (Å²) in [6.07, 6.45) is 1.55. The van der Waals surface area contributed by atoms with Crippen LogP contribution in [0.25, 0.3) is 5.69 Å². The molecule has 2 rings (SSSR count). The van der Waals surface area contributed by atoms with Crippen molar-refractivity contribution in [3.8, 4) is 5.69 Å². The number of benzene rings is 1. The summed E-state index contributed by atoms with van der Waals surface area (Å²) in [5.41, 5.74) is 3.32. The van der Waals surface area contributed by atoms with E-state index in [1.54, 1.807) is 17.8 Å². The van der Waals surface area contributed by atoms with Gasteiger partial charge in [-0.3, -0.25) is 0 Å². The second kappa shape index (κ2) is 5.57. The van der Waals surface area contributed by atoms with Crippen LogP contribution in [0.15, 0.2) is 28.9 Å². The molecule has 0 saturated heterocycles. The number of aryl methyl sites for hydroxylation is 1. The van der Waals surface area contributed by atoms with Crippen LogP contribution in [0.4, 0.5) is 0 Å². The van der Waals surface area contributed by atoms with E-state index in [9.17, 15) is 4.79 Å². The average Bonchev–Trinajstić information content (AvgIpc) is 2.72. The lowest BCUT2D eigenvalue weighted by Gasteiger charge is -2.09. The quantitative estimate of drug-likeness (QED) is 0.813. The molecule has 4 nitrogen and oxygen atoms in total. The molecule has 0 spiro atoms. The fourth-order valence-electron chi connectivity index (χ4n) is 1.92. The molecule has 0 bridgehead atoms. The summed E-state index contributed by atoms with van der Waals surface area (Å²) >= 11 is 3.43. The van der Waals surface area contributed by atoms with Crippen molar-refractivity contribution in [3.05, 3.63) is 45.7 Å². The summed E-state index contributed by atoms with van der Waals surface area (Å²) in [5.74, 6) is -0.332. The van der Waals surface area contributed by atoms with Gasteiger partial charge in [-0.25, -0.2) is 9.48 Å². The molecule has 0 atom stereocenters. The number of aromatic nitrogens is 2. The number of esters is 1. The van der Waals surface area contributed by atoms with Crippen LogP contribution >= 0.6 is 15.9 Å². The first kappa shape index (κ1) is 13.8. The molecule has 0 saturated carbocycles. The van der Waals surface area contributed by atoms with Crippen LogP contribution in [-0.2, 0) is 4.74 Å². The number of hydrogen-bond acceptors (Lipinski definition) is 3. The van der Waals surface area contributed by atoms with Gasteiger partial charge in [0.1, 0.15) is 5.56 Å². The molecule has 0 aliphatic carbocycles. The van der Waals surface area contributed by atoms with E-state index in [1.807, 2.05) is 32.0 Å². The average molecular weight is 323 g/mol. The zero-order chi connectivity index (χ0) is 14.0. The van der Waals surface area contributed by atoms with E-state index < -0.39 is 0 Å². The predicted octanol–water partition coefficient (Wildman–Crippen LogP) is 3.43. The Morgan fingerprint density at radius 3 is 2.79 bits per heavy atom. The number of carbonyl (C=O) groups excluding carboxylic acids is 1. The monoisotopic (exact) mass is 322 g/mol. The molecule has 0 N–H and O–H groups in total. The van der Waals surface area contributed by atoms with Crippen molar-refractivity contribution in [2.75, 3.05) is 6.61 Å². The van der Waals surface area contributed by atoms with Gasteiger partial charge in [-0.05, 0) is 44.5 Å². The third-order valence-corrected chi connectivity index (χ3v) is 3.39. The van der Waals surface area contributed by atoms with Crippen LogP contribution in [0.2, 0.25) is 0 Å². The molecule has 1 aromatic heterocycles. The molecular weight excluding hydrogens is 308 g/mol. The summed E-state index contributed by atoms with van der Waals surface area (Å²) < 4.78 is 7.78. The zero-order valence-electron chi connectivity index (χ0n) is 11.1.